The molecule has 0 aromatic heterocycles. The summed E-state index contributed by atoms with van der Waals surface area (Å²) in [5, 5.41) is 0. The Hall–Kier alpha value is -2.21. The molecule has 3 atom stereocenters. The first-order valence-electron chi connectivity index (χ1n) is 10.9. The molecule has 6 nitrogen and oxygen atoms in total. The molecule has 0 spiro atoms. The van der Waals surface area contributed by atoms with E-state index in [-0.39, 0.29) is 35.7 Å². The van der Waals surface area contributed by atoms with Crippen molar-refractivity contribution in [2.45, 2.75) is 64.2 Å². The summed E-state index contributed by atoms with van der Waals surface area (Å²) < 4.78 is 6.00. The molecule has 2 aliphatic heterocycles. The summed E-state index contributed by atoms with van der Waals surface area (Å²) in [4.78, 5) is 41.6. The van der Waals surface area contributed by atoms with E-state index in [0.29, 0.717) is 19.7 Å². The number of ether oxygens (including phenoxy) is 1. The van der Waals surface area contributed by atoms with Gasteiger partial charge in [-0.05, 0) is 38.2 Å². The van der Waals surface area contributed by atoms with E-state index in [1.54, 1.807) is 11.8 Å². The second kappa shape index (κ2) is 8.66. The van der Waals surface area contributed by atoms with Crippen molar-refractivity contribution in [3.8, 4) is 0 Å². The maximum absolute atomic E-state index is 13.0. The average molecular weight is 399 g/mol. The van der Waals surface area contributed by atoms with Gasteiger partial charge < -0.3 is 9.64 Å². The monoisotopic (exact) mass is 398 g/mol. The van der Waals surface area contributed by atoms with Crippen molar-refractivity contribution in [1.29, 1.82) is 0 Å². The number of amides is 3. The Balaban J connectivity index is 1.30. The van der Waals surface area contributed by atoms with Crippen molar-refractivity contribution < 1.29 is 19.1 Å². The highest BCUT2D eigenvalue weighted by atomic mass is 16.5. The summed E-state index contributed by atoms with van der Waals surface area (Å²) in [7, 11) is 0. The van der Waals surface area contributed by atoms with Gasteiger partial charge in [0.2, 0.25) is 17.7 Å². The first-order valence-corrected chi connectivity index (χ1v) is 10.9. The van der Waals surface area contributed by atoms with Gasteiger partial charge in [-0.2, -0.15) is 0 Å². The van der Waals surface area contributed by atoms with Crippen LogP contribution in [0.3, 0.4) is 0 Å². The van der Waals surface area contributed by atoms with Gasteiger partial charge in [0.1, 0.15) is 6.04 Å². The van der Waals surface area contributed by atoms with Crippen LogP contribution in [-0.4, -0.2) is 52.8 Å². The molecule has 3 amide bonds. The number of carbonyl (C=O) groups is 3. The highest BCUT2D eigenvalue weighted by Gasteiger charge is 2.51. The predicted molar refractivity (Wildman–Crippen MR) is 108 cm³/mol. The smallest absolute Gasteiger partial charge is 0.245 e. The van der Waals surface area contributed by atoms with Crippen molar-refractivity contribution in [1.82, 2.24) is 9.80 Å². The van der Waals surface area contributed by atoms with Gasteiger partial charge in [-0.25, -0.2) is 0 Å². The molecular weight excluding hydrogens is 368 g/mol. The Morgan fingerprint density at radius 2 is 1.59 bits per heavy atom. The van der Waals surface area contributed by atoms with Crippen LogP contribution in [0.5, 0.6) is 0 Å². The summed E-state index contributed by atoms with van der Waals surface area (Å²) >= 11 is 0. The normalized spacial score (nSPS) is 26.5. The summed E-state index contributed by atoms with van der Waals surface area (Å²) in [5.74, 6) is -0.803. The molecule has 1 aliphatic carbocycles. The van der Waals surface area contributed by atoms with Crippen LogP contribution in [0.1, 0.15) is 51.0 Å². The summed E-state index contributed by atoms with van der Waals surface area (Å²) in [6.07, 6.45) is 5.22. The molecular formula is C23H30N2O4. The van der Waals surface area contributed by atoms with Gasteiger partial charge in [0, 0.05) is 13.1 Å². The predicted octanol–water partition coefficient (Wildman–Crippen LogP) is 2.76. The zero-order chi connectivity index (χ0) is 20.4. The van der Waals surface area contributed by atoms with Gasteiger partial charge in [0.15, 0.2) is 0 Å². The van der Waals surface area contributed by atoms with E-state index in [9.17, 15) is 14.4 Å². The van der Waals surface area contributed by atoms with Crippen molar-refractivity contribution >= 4 is 17.7 Å². The second-order valence-corrected chi connectivity index (χ2v) is 8.54. The lowest BCUT2D eigenvalue weighted by molar-refractivity contribution is -0.152. The van der Waals surface area contributed by atoms with Crippen LogP contribution in [0.25, 0.3) is 0 Å². The van der Waals surface area contributed by atoms with Crippen LogP contribution in [0.15, 0.2) is 30.3 Å². The molecule has 0 bridgehead atoms. The number of rotatable bonds is 5. The molecule has 3 fully saturated rings. The number of likely N-dealkylation sites (tertiary alicyclic amines) is 2. The van der Waals surface area contributed by atoms with Crippen molar-refractivity contribution in [2.24, 2.45) is 11.8 Å². The topological polar surface area (TPSA) is 66.9 Å². The van der Waals surface area contributed by atoms with Gasteiger partial charge in [-0.15, -0.1) is 0 Å². The van der Waals surface area contributed by atoms with E-state index in [2.05, 4.69) is 0 Å². The Morgan fingerprint density at radius 1 is 1.00 bits per heavy atom. The van der Waals surface area contributed by atoms with Gasteiger partial charge in [0.25, 0.3) is 0 Å². The van der Waals surface area contributed by atoms with Crippen LogP contribution in [0.2, 0.25) is 0 Å². The fourth-order valence-electron chi connectivity index (χ4n) is 4.98. The van der Waals surface area contributed by atoms with Crippen molar-refractivity contribution in [3.63, 3.8) is 0 Å². The Labute approximate surface area is 172 Å². The van der Waals surface area contributed by atoms with Gasteiger partial charge >= 0.3 is 0 Å². The minimum Gasteiger partial charge on any atom is -0.373 e. The lowest BCUT2D eigenvalue weighted by Crippen LogP contribution is -2.52. The van der Waals surface area contributed by atoms with E-state index in [1.165, 1.54) is 4.90 Å². The lowest BCUT2D eigenvalue weighted by Gasteiger charge is -2.35. The second-order valence-electron chi connectivity index (χ2n) is 8.54. The average Bonchev–Trinajstić information content (AvgIpc) is 3.03. The zero-order valence-electron chi connectivity index (χ0n) is 17.1. The van der Waals surface area contributed by atoms with E-state index >= 15 is 0 Å². The molecule has 156 valence electrons. The maximum Gasteiger partial charge on any atom is 0.245 e. The Kier molecular flexibility index (Phi) is 5.99. The summed E-state index contributed by atoms with van der Waals surface area (Å²) in [5.41, 5.74) is 1.15. The highest BCUT2D eigenvalue weighted by molar-refractivity contribution is 6.08. The summed E-state index contributed by atoms with van der Waals surface area (Å²) in [6.45, 7) is 3.49. The van der Waals surface area contributed by atoms with Crippen molar-refractivity contribution in [3.05, 3.63) is 35.9 Å². The Morgan fingerprint density at radius 3 is 2.17 bits per heavy atom. The minimum absolute atomic E-state index is 0.119. The number of fused-ring (bicyclic) bond motifs is 1. The molecule has 1 saturated carbocycles. The third-order valence-electron chi connectivity index (χ3n) is 6.70. The Bertz CT molecular complexity index is 733. The number of hydrogen-bond donors (Lipinski definition) is 0. The molecule has 6 heteroatoms. The van der Waals surface area contributed by atoms with E-state index in [1.807, 2.05) is 30.3 Å². The molecule has 1 aromatic carbocycles. The largest absolute Gasteiger partial charge is 0.373 e. The van der Waals surface area contributed by atoms with Crippen LogP contribution < -0.4 is 0 Å². The molecule has 2 heterocycles. The molecule has 2 saturated heterocycles. The first kappa shape index (κ1) is 20.1. The molecule has 1 aromatic rings. The quantitative estimate of drug-likeness (QED) is 0.716. The number of benzene rings is 1. The SMILES string of the molecule is CC(C(=O)N1CCC(OCc2ccccc2)CC1)N1C(=O)C2CCCCC2C1=O. The maximum atomic E-state index is 13.0. The number of nitrogens with zero attached hydrogens (tertiary/aromatic N) is 2. The van der Waals surface area contributed by atoms with Crippen LogP contribution in [0, 0.1) is 11.8 Å². The van der Waals surface area contributed by atoms with Gasteiger partial charge in [-0.1, -0.05) is 43.2 Å². The fraction of sp³-hybridized carbons (Fsp3) is 0.609. The van der Waals surface area contributed by atoms with Crippen LogP contribution in [-0.2, 0) is 25.7 Å². The number of carbonyl (C=O) groups excluding carboxylic acids is 3. The zero-order valence-corrected chi connectivity index (χ0v) is 17.1. The number of hydrogen-bond acceptors (Lipinski definition) is 4. The highest BCUT2D eigenvalue weighted by Crippen LogP contribution is 2.39. The lowest BCUT2D eigenvalue weighted by atomic mass is 9.81. The minimum atomic E-state index is -0.706. The van der Waals surface area contributed by atoms with Crippen molar-refractivity contribution in [2.75, 3.05) is 13.1 Å². The molecule has 3 aliphatic rings. The standard InChI is InChI=1S/C23H30N2O4/c1-16(25-22(27)19-9-5-6-10-20(19)23(25)28)21(26)24-13-11-18(12-14-24)29-15-17-7-3-2-4-8-17/h2-4,7-8,16,18-20H,5-6,9-15H2,1H3. The molecule has 0 N–H and O–H groups in total. The number of imide groups is 1. The van der Waals surface area contributed by atoms with E-state index < -0.39 is 6.04 Å². The number of piperidine rings is 1. The van der Waals surface area contributed by atoms with Gasteiger partial charge in [0.05, 0.1) is 24.5 Å². The van der Waals surface area contributed by atoms with Crippen LogP contribution in [0.4, 0.5) is 0 Å². The third kappa shape index (κ3) is 4.08. The molecule has 0 radical (unpaired) electrons. The first-order chi connectivity index (χ1) is 14.1. The molecule has 3 unspecified atom stereocenters. The molecule has 4 rings (SSSR count). The van der Waals surface area contributed by atoms with E-state index in [0.717, 1.165) is 44.1 Å². The van der Waals surface area contributed by atoms with Crippen LogP contribution >= 0.6 is 0 Å². The summed E-state index contributed by atoms with van der Waals surface area (Å²) in [6, 6.07) is 9.36. The molecule has 29 heavy (non-hydrogen) atoms. The third-order valence-corrected chi connectivity index (χ3v) is 6.70. The van der Waals surface area contributed by atoms with Gasteiger partial charge in [-0.3, -0.25) is 19.3 Å². The van der Waals surface area contributed by atoms with E-state index in [4.69, 9.17) is 4.74 Å². The fourth-order valence-corrected chi connectivity index (χ4v) is 4.98.